The molecule has 0 atom stereocenters. The van der Waals surface area contributed by atoms with Crippen molar-refractivity contribution in [3.05, 3.63) is 66.0 Å². The van der Waals surface area contributed by atoms with Crippen LogP contribution in [0.4, 0.5) is 0 Å². The van der Waals surface area contributed by atoms with Crippen LogP contribution in [0.3, 0.4) is 0 Å². The monoisotopic (exact) mass is 339 g/mol. The van der Waals surface area contributed by atoms with Crippen molar-refractivity contribution in [3.8, 4) is 17.4 Å². The molecule has 0 aliphatic heterocycles. The van der Waals surface area contributed by atoms with Gasteiger partial charge in [0, 0.05) is 18.3 Å². The molecular weight excluding hydrogens is 322 g/mol. The fourth-order valence-corrected chi connectivity index (χ4v) is 2.23. The highest BCUT2D eigenvalue weighted by atomic mass is 16.5. The van der Waals surface area contributed by atoms with Crippen LogP contribution in [0.25, 0.3) is 0 Å². The van der Waals surface area contributed by atoms with E-state index in [1.807, 2.05) is 18.2 Å². The third-order valence-corrected chi connectivity index (χ3v) is 3.52. The lowest BCUT2D eigenvalue weighted by Crippen LogP contribution is -2.23. The number of hydrogen-bond donors (Lipinski definition) is 1. The molecule has 0 aliphatic carbocycles. The van der Waals surface area contributed by atoms with Gasteiger partial charge in [-0.3, -0.25) is 4.79 Å². The number of benzene rings is 1. The van der Waals surface area contributed by atoms with Gasteiger partial charge in [0.05, 0.1) is 12.8 Å². The average Bonchev–Trinajstić information content (AvgIpc) is 3.07. The van der Waals surface area contributed by atoms with E-state index in [0.29, 0.717) is 23.1 Å². The minimum Gasteiger partial charge on any atom is -0.493 e. The standard InChI is InChI=1S/C18H17N3O4/c1-12-16(24-11-21-12)17(22)20-10-13-6-5-9-19-18(13)25-15-8-4-3-7-14(15)23-2/h3-9,11H,10H2,1-2H3,(H,20,22). The van der Waals surface area contributed by atoms with Gasteiger partial charge in [-0.1, -0.05) is 18.2 Å². The molecule has 0 unspecified atom stereocenters. The van der Waals surface area contributed by atoms with Crippen molar-refractivity contribution >= 4 is 5.91 Å². The van der Waals surface area contributed by atoms with Crippen LogP contribution in [0.15, 0.2) is 53.4 Å². The van der Waals surface area contributed by atoms with Crippen LogP contribution in [0, 0.1) is 6.92 Å². The van der Waals surface area contributed by atoms with Gasteiger partial charge in [-0.25, -0.2) is 9.97 Å². The predicted molar refractivity (Wildman–Crippen MR) is 89.7 cm³/mol. The number of aryl methyl sites for hydroxylation is 1. The highest BCUT2D eigenvalue weighted by Gasteiger charge is 2.15. The van der Waals surface area contributed by atoms with Gasteiger partial charge in [-0.05, 0) is 25.1 Å². The van der Waals surface area contributed by atoms with Crippen LogP contribution in [-0.2, 0) is 6.54 Å². The van der Waals surface area contributed by atoms with Crippen molar-refractivity contribution in [1.82, 2.24) is 15.3 Å². The number of ether oxygens (including phenoxy) is 2. The maximum atomic E-state index is 12.1. The number of hydrogen-bond acceptors (Lipinski definition) is 6. The number of rotatable bonds is 6. The number of pyridine rings is 1. The van der Waals surface area contributed by atoms with E-state index in [0.717, 1.165) is 5.56 Å². The van der Waals surface area contributed by atoms with Crippen LogP contribution < -0.4 is 14.8 Å². The molecule has 1 N–H and O–H groups in total. The summed E-state index contributed by atoms with van der Waals surface area (Å²) in [5.74, 6) is 1.38. The summed E-state index contributed by atoms with van der Waals surface area (Å²) in [5, 5.41) is 2.77. The summed E-state index contributed by atoms with van der Waals surface area (Å²) in [7, 11) is 1.57. The van der Waals surface area contributed by atoms with E-state index in [1.165, 1.54) is 6.39 Å². The summed E-state index contributed by atoms with van der Waals surface area (Å²) >= 11 is 0. The highest BCUT2D eigenvalue weighted by molar-refractivity contribution is 5.92. The van der Waals surface area contributed by atoms with E-state index in [2.05, 4.69) is 15.3 Å². The van der Waals surface area contributed by atoms with Crippen LogP contribution in [0.5, 0.6) is 17.4 Å². The summed E-state index contributed by atoms with van der Waals surface area (Å²) in [6, 6.07) is 10.9. The first-order valence-corrected chi connectivity index (χ1v) is 7.62. The Labute approximate surface area is 144 Å². The molecule has 0 aliphatic rings. The third kappa shape index (κ3) is 3.77. The van der Waals surface area contributed by atoms with E-state index in [1.54, 1.807) is 38.4 Å². The van der Waals surface area contributed by atoms with Gasteiger partial charge in [0.25, 0.3) is 5.91 Å². The number of para-hydroxylation sites is 2. The first kappa shape index (κ1) is 16.5. The molecule has 2 heterocycles. The largest absolute Gasteiger partial charge is 0.493 e. The quantitative estimate of drug-likeness (QED) is 0.742. The Hall–Kier alpha value is -3.35. The normalized spacial score (nSPS) is 10.3. The van der Waals surface area contributed by atoms with Gasteiger partial charge in [0.1, 0.15) is 0 Å². The number of nitrogens with one attached hydrogen (secondary N) is 1. The van der Waals surface area contributed by atoms with E-state index < -0.39 is 0 Å². The topological polar surface area (TPSA) is 86.5 Å². The molecule has 0 spiro atoms. The van der Waals surface area contributed by atoms with Crippen LogP contribution in [0.1, 0.15) is 21.8 Å². The van der Waals surface area contributed by atoms with Crippen LogP contribution in [0.2, 0.25) is 0 Å². The Morgan fingerprint density at radius 2 is 1.96 bits per heavy atom. The fourth-order valence-electron chi connectivity index (χ4n) is 2.23. The number of amides is 1. The fraction of sp³-hybridized carbons (Fsp3) is 0.167. The highest BCUT2D eigenvalue weighted by Crippen LogP contribution is 2.31. The van der Waals surface area contributed by atoms with Crippen LogP contribution >= 0.6 is 0 Å². The molecular formula is C18H17N3O4. The molecule has 1 aromatic carbocycles. The molecule has 7 heteroatoms. The summed E-state index contributed by atoms with van der Waals surface area (Å²) in [4.78, 5) is 20.3. The third-order valence-electron chi connectivity index (χ3n) is 3.52. The molecule has 25 heavy (non-hydrogen) atoms. The number of oxazole rings is 1. The van der Waals surface area contributed by atoms with Gasteiger partial charge in [-0.2, -0.15) is 0 Å². The SMILES string of the molecule is COc1ccccc1Oc1ncccc1CNC(=O)c1ocnc1C. The van der Waals surface area contributed by atoms with Gasteiger partial charge in [0.2, 0.25) is 11.6 Å². The van der Waals surface area contributed by atoms with E-state index in [4.69, 9.17) is 13.9 Å². The maximum absolute atomic E-state index is 12.1. The summed E-state index contributed by atoms with van der Waals surface area (Å²) in [5.41, 5.74) is 1.26. The Kier molecular flexibility index (Phi) is 4.94. The Bertz CT molecular complexity index is 876. The predicted octanol–water partition coefficient (Wildman–Crippen LogP) is 3.11. The zero-order valence-electron chi connectivity index (χ0n) is 13.9. The summed E-state index contributed by atoms with van der Waals surface area (Å²) in [6.45, 7) is 1.94. The molecule has 128 valence electrons. The molecule has 0 saturated carbocycles. The number of methoxy groups -OCH3 is 1. The van der Waals surface area contributed by atoms with E-state index >= 15 is 0 Å². The lowest BCUT2D eigenvalue weighted by Gasteiger charge is -2.12. The second-order valence-electron chi connectivity index (χ2n) is 5.17. The van der Waals surface area contributed by atoms with Crippen molar-refractivity contribution < 1.29 is 18.7 Å². The molecule has 7 nitrogen and oxygen atoms in total. The molecule has 0 bridgehead atoms. The Morgan fingerprint density at radius 3 is 2.68 bits per heavy atom. The van der Waals surface area contributed by atoms with E-state index in [9.17, 15) is 4.79 Å². The zero-order chi connectivity index (χ0) is 17.6. The smallest absolute Gasteiger partial charge is 0.289 e. The van der Waals surface area contributed by atoms with Crippen molar-refractivity contribution in [1.29, 1.82) is 0 Å². The molecule has 0 saturated heterocycles. The molecule has 0 radical (unpaired) electrons. The number of carbonyl (C=O) groups excluding carboxylic acids is 1. The van der Waals surface area contributed by atoms with Crippen molar-refractivity contribution in [3.63, 3.8) is 0 Å². The number of aromatic nitrogens is 2. The first-order chi connectivity index (χ1) is 12.2. The lowest BCUT2D eigenvalue weighted by atomic mass is 10.2. The molecule has 0 fully saturated rings. The first-order valence-electron chi connectivity index (χ1n) is 7.62. The average molecular weight is 339 g/mol. The van der Waals surface area contributed by atoms with Crippen LogP contribution in [-0.4, -0.2) is 23.0 Å². The second kappa shape index (κ2) is 7.48. The van der Waals surface area contributed by atoms with Crippen molar-refractivity contribution in [2.24, 2.45) is 0 Å². The number of carbonyl (C=O) groups is 1. The molecule has 1 amide bonds. The maximum Gasteiger partial charge on any atom is 0.289 e. The minimum atomic E-state index is -0.345. The summed E-state index contributed by atoms with van der Waals surface area (Å²) < 4.78 is 16.2. The van der Waals surface area contributed by atoms with Gasteiger partial charge in [0.15, 0.2) is 17.9 Å². The second-order valence-corrected chi connectivity index (χ2v) is 5.17. The molecule has 3 aromatic rings. The Balaban J connectivity index is 1.75. The zero-order valence-corrected chi connectivity index (χ0v) is 13.9. The molecule has 2 aromatic heterocycles. The number of nitrogens with zero attached hydrogens (tertiary/aromatic N) is 2. The van der Waals surface area contributed by atoms with Crippen molar-refractivity contribution in [2.45, 2.75) is 13.5 Å². The van der Waals surface area contributed by atoms with Gasteiger partial charge in [-0.15, -0.1) is 0 Å². The minimum absolute atomic E-state index is 0.191. The summed E-state index contributed by atoms with van der Waals surface area (Å²) in [6.07, 6.45) is 2.86. The van der Waals surface area contributed by atoms with Gasteiger partial charge >= 0.3 is 0 Å². The van der Waals surface area contributed by atoms with E-state index in [-0.39, 0.29) is 18.2 Å². The van der Waals surface area contributed by atoms with Crippen molar-refractivity contribution in [2.75, 3.05) is 7.11 Å². The Morgan fingerprint density at radius 1 is 1.16 bits per heavy atom. The molecule has 3 rings (SSSR count). The lowest BCUT2D eigenvalue weighted by molar-refractivity contribution is 0.0922. The van der Waals surface area contributed by atoms with Gasteiger partial charge < -0.3 is 19.2 Å².